The van der Waals surface area contributed by atoms with E-state index >= 15 is 0 Å². The van der Waals surface area contributed by atoms with Gasteiger partial charge in [-0.25, -0.2) is 4.79 Å². The number of ether oxygens (including phenoxy) is 3. The molecule has 5 rings (SSSR count). The van der Waals surface area contributed by atoms with Crippen molar-refractivity contribution < 1.29 is 24.1 Å². The number of alkyl carbamates (subject to hydrolysis) is 1. The van der Waals surface area contributed by atoms with E-state index in [1.54, 1.807) is 42.6 Å². The highest BCUT2D eigenvalue weighted by Crippen LogP contribution is 2.41. The maximum Gasteiger partial charge on any atom is 0.408 e. The highest BCUT2D eigenvalue weighted by Gasteiger charge is 2.26. The van der Waals surface area contributed by atoms with Crippen LogP contribution in [0.25, 0.3) is 10.9 Å². The number of halogens is 1. The minimum atomic E-state index is -0.785. The van der Waals surface area contributed by atoms with Crippen LogP contribution in [0.15, 0.2) is 72.9 Å². The van der Waals surface area contributed by atoms with Gasteiger partial charge < -0.3 is 24.6 Å². The van der Waals surface area contributed by atoms with Crippen molar-refractivity contribution in [1.29, 1.82) is 0 Å². The molecule has 0 radical (unpaired) electrons. The van der Waals surface area contributed by atoms with Gasteiger partial charge in [0.25, 0.3) is 0 Å². The van der Waals surface area contributed by atoms with Crippen molar-refractivity contribution in [1.82, 2.24) is 10.3 Å². The van der Waals surface area contributed by atoms with E-state index in [1.165, 1.54) is 0 Å². The Balaban J connectivity index is 1.51. The van der Waals surface area contributed by atoms with Gasteiger partial charge in [-0.05, 0) is 41.5 Å². The molecule has 1 aliphatic heterocycles. The fraction of sp³-hybridized carbons (Fsp3) is 0.120. The van der Waals surface area contributed by atoms with Crippen LogP contribution in [0, 0.1) is 0 Å². The first kappa shape index (κ1) is 20.9. The fourth-order valence-electron chi connectivity index (χ4n) is 3.74. The summed E-state index contributed by atoms with van der Waals surface area (Å²) in [5.74, 6) is 1.06. The number of phenolic OH excluding ortho intramolecular Hbond substituents is 1. The third-order valence-corrected chi connectivity index (χ3v) is 5.67. The Bertz CT molecular complexity index is 1330. The summed E-state index contributed by atoms with van der Waals surface area (Å²) in [6, 6.07) is 19.0. The zero-order valence-corrected chi connectivity index (χ0v) is 18.1. The number of aromatic nitrogens is 1. The van der Waals surface area contributed by atoms with E-state index in [2.05, 4.69) is 10.3 Å². The Morgan fingerprint density at radius 1 is 1.09 bits per heavy atom. The first-order valence-electron chi connectivity index (χ1n) is 10.2. The quantitative estimate of drug-likeness (QED) is 0.416. The van der Waals surface area contributed by atoms with Crippen LogP contribution in [0.5, 0.6) is 17.2 Å². The van der Waals surface area contributed by atoms with E-state index in [0.29, 0.717) is 38.6 Å². The Morgan fingerprint density at radius 3 is 2.76 bits per heavy atom. The standard InChI is InChI=1S/C25H19ClN2O5/c26-19-12-18(24(29)23-17(19)7-4-10-27-23)22(16-8-9-20-21(11-16)33-14-32-20)28-25(30)31-13-15-5-2-1-3-6-15/h1-12,22,29H,13-14H2,(H,28,30). The van der Waals surface area contributed by atoms with Crippen molar-refractivity contribution in [3.63, 3.8) is 0 Å². The summed E-state index contributed by atoms with van der Waals surface area (Å²) >= 11 is 6.50. The summed E-state index contributed by atoms with van der Waals surface area (Å²) in [7, 11) is 0. The van der Waals surface area contributed by atoms with E-state index < -0.39 is 12.1 Å². The number of fused-ring (bicyclic) bond motifs is 2. The van der Waals surface area contributed by atoms with Gasteiger partial charge in [0.1, 0.15) is 17.9 Å². The number of aromatic hydroxyl groups is 1. The second kappa shape index (κ2) is 8.88. The van der Waals surface area contributed by atoms with Gasteiger partial charge in [-0.15, -0.1) is 0 Å². The molecule has 3 aromatic carbocycles. The summed E-state index contributed by atoms with van der Waals surface area (Å²) in [6.07, 6.45) is 0.914. The van der Waals surface area contributed by atoms with Crippen LogP contribution in [0.2, 0.25) is 5.02 Å². The maximum absolute atomic E-state index is 12.7. The van der Waals surface area contributed by atoms with Gasteiger partial charge in [0.2, 0.25) is 6.79 Å². The number of amides is 1. The minimum Gasteiger partial charge on any atom is -0.505 e. The van der Waals surface area contributed by atoms with E-state index in [1.807, 2.05) is 30.3 Å². The summed E-state index contributed by atoms with van der Waals surface area (Å²) < 4.78 is 16.3. The van der Waals surface area contributed by atoms with Crippen LogP contribution in [0.3, 0.4) is 0 Å². The summed E-state index contributed by atoms with van der Waals surface area (Å²) in [5, 5.41) is 14.9. The molecule has 0 fully saturated rings. The Kier molecular flexibility index (Phi) is 5.62. The zero-order chi connectivity index (χ0) is 22.8. The highest BCUT2D eigenvalue weighted by molar-refractivity contribution is 6.35. The topological polar surface area (TPSA) is 89.9 Å². The van der Waals surface area contributed by atoms with Gasteiger partial charge in [0.15, 0.2) is 11.5 Å². The third kappa shape index (κ3) is 4.23. The van der Waals surface area contributed by atoms with Crippen LogP contribution in [0.4, 0.5) is 4.79 Å². The van der Waals surface area contributed by atoms with Crippen molar-refractivity contribution in [3.05, 3.63) is 94.6 Å². The molecule has 0 saturated carbocycles. The fourth-order valence-corrected chi connectivity index (χ4v) is 4.01. The lowest BCUT2D eigenvalue weighted by Gasteiger charge is -2.22. The van der Waals surface area contributed by atoms with Gasteiger partial charge in [-0.2, -0.15) is 0 Å². The Hall–Kier alpha value is -3.97. The lowest BCUT2D eigenvalue weighted by molar-refractivity contribution is 0.137. The second-order valence-electron chi connectivity index (χ2n) is 7.45. The Morgan fingerprint density at radius 2 is 1.91 bits per heavy atom. The lowest BCUT2D eigenvalue weighted by Crippen LogP contribution is -2.30. The number of carbonyl (C=O) groups is 1. The molecule has 1 aromatic heterocycles. The van der Waals surface area contributed by atoms with Crippen molar-refractivity contribution in [2.75, 3.05) is 6.79 Å². The Labute approximate surface area is 194 Å². The summed E-state index contributed by atoms with van der Waals surface area (Å²) in [6.45, 7) is 0.222. The molecule has 33 heavy (non-hydrogen) atoms. The van der Waals surface area contributed by atoms with Crippen molar-refractivity contribution in [2.45, 2.75) is 12.6 Å². The largest absolute Gasteiger partial charge is 0.505 e. The van der Waals surface area contributed by atoms with E-state index in [0.717, 1.165) is 5.56 Å². The molecule has 7 nitrogen and oxygen atoms in total. The number of phenols is 1. The molecule has 2 N–H and O–H groups in total. The van der Waals surface area contributed by atoms with Gasteiger partial charge in [0, 0.05) is 17.1 Å². The molecule has 0 aliphatic carbocycles. The smallest absolute Gasteiger partial charge is 0.408 e. The number of nitrogens with one attached hydrogen (secondary N) is 1. The second-order valence-corrected chi connectivity index (χ2v) is 7.85. The maximum atomic E-state index is 12.7. The van der Waals surface area contributed by atoms with E-state index in [-0.39, 0.29) is 19.1 Å². The number of hydrogen-bond acceptors (Lipinski definition) is 6. The van der Waals surface area contributed by atoms with Crippen LogP contribution in [-0.2, 0) is 11.3 Å². The molecule has 4 aromatic rings. The molecule has 0 saturated heterocycles. The van der Waals surface area contributed by atoms with Crippen molar-refractivity contribution in [2.24, 2.45) is 0 Å². The molecule has 1 atom stereocenters. The van der Waals surface area contributed by atoms with Crippen LogP contribution < -0.4 is 14.8 Å². The number of hydrogen-bond donors (Lipinski definition) is 2. The van der Waals surface area contributed by atoms with Crippen LogP contribution in [0.1, 0.15) is 22.7 Å². The molecule has 1 unspecified atom stereocenters. The van der Waals surface area contributed by atoms with Crippen LogP contribution >= 0.6 is 11.6 Å². The van der Waals surface area contributed by atoms with Gasteiger partial charge >= 0.3 is 6.09 Å². The van der Waals surface area contributed by atoms with E-state index in [4.69, 9.17) is 25.8 Å². The van der Waals surface area contributed by atoms with Crippen molar-refractivity contribution >= 4 is 28.6 Å². The average Bonchev–Trinajstić information content (AvgIpc) is 3.32. The van der Waals surface area contributed by atoms with Crippen molar-refractivity contribution in [3.8, 4) is 17.2 Å². The van der Waals surface area contributed by atoms with E-state index in [9.17, 15) is 9.90 Å². The molecule has 0 bridgehead atoms. The van der Waals surface area contributed by atoms with Gasteiger partial charge in [-0.3, -0.25) is 4.98 Å². The highest BCUT2D eigenvalue weighted by atomic mass is 35.5. The molecule has 1 amide bonds. The predicted molar refractivity (Wildman–Crippen MR) is 123 cm³/mol. The monoisotopic (exact) mass is 462 g/mol. The molecular formula is C25H19ClN2O5. The molecule has 166 valence electrons. The first-order valence-corrected chi connectivity index (χ1v) is 10.6. The normalized spacial score (nSPS) is 13.0. The average molecular weight is 463 g/mol. The number of pyridine rings is 1. The molecule has 0 spiro atoms. The summed E-state index contributed by atoms with van der Waals surface area (Å²) in [4.78, 5) is 17.0. The molecular weight excluding hydrogens is 444 g/mol. The van der Waals surface area contributed by atoms with Gasteiger partial charge in [0.05, 0.1) is 11.1 Å². The number of carbonyl (C=O) groups excluding carboxylic acids is 1. The molecule has 2 heterocycles. The SMILES string of the molecule is O=C(NC(c1ccc2c(c1)OCO2)c1cc(Cl)c2cccnc2c1O)OCc1ccccc1. The predicted octanol–water partition coefficient (Wildman–Crippen LogP) is 5.34. The summed E-state index contributed by atoms with van der Waals surface area (Å²) in [5.41, 5.74) is 2.22. The van der Waals surface area contributed by atoms with Gasteiger partial charge in [-0.1, -0.05) is 48.0 Å². The van der Waals surface area contributed by atoms with Crippen LogP contribution in [-0.4, -0.2) is 23.0 Å². The lowest BCUT2D eigenvalue weighted by atomic mass is 9.96. The number of nitrogens with zero attached hydrogens (tertiary/aromatic N) is 1. The third-order valence-electron chi connectivity index (χ3n) is 5.36. The minimum absolute atomic E-state index is 0.0824. The zero-order valence-electron chi connectivity index (χ0n) is 17.3. The molecule has 1 aliphatic rings. The number of benzene rings is 3. The molecule has 8 heteroatoms. The number of rotatable bonds is 5. The first-order chi connectivity index (χ1) is 16.1.